The zero-order valence-electron chi connectivity index (χ0n) is 14.0. The molecule has 0 saturated carbocycles. The fourth-order valence-corrected chi connectivity index (χ4v) is 1.99. The standard InChI is InChI=1S/C16H24N2O5/c1-5-12(9-15(19)23-4)18-16(20)17-10-11-6-7-13(21-2)14(8-11)22-3/h6-8,12H,5,9-10H2,1-4H3,(H2,17,18,20). The zero-order chi connectivity index (χ0) is 17.2. The van der Waals surface area contributed by atoms with Gasteiger partial charge in [0.2, 0.25) is 0 Å². The van der Waals surface area contributed by atoms with Crippen LogP contribution in [-0.4, -0.2) is 39.4 Å². The van der Waals surface area contributed by atoms with Gasteiger partial charge in [0, 0.05) is 12.6 Å². The van der Waals surface area contributed by atoms with Crippen LogP contribution in [0.15, 0.2) is 18.2 Å². The molecule has 7 nitrogen and oxygen atoms in total. The maximum absolute atomic E-state index is 11.9. The van der Waals surface area contributed by atoms with Crippen molar-refractivity contribution < 1.29 is 23.8 Å². The molecule has 2 N–H and O–H groups in total. The number of amides is 2. The van der Waals surface area contributed by atoms with Crippen LogP contribution in [0.4, 0.5) is 4.79 Å². The van der Waals surface area contributed by atoms with Gasteiger partial charge in [0.15, 0.2) is 11.5 Å². The van der Waals surface area contributed by atoms with Gasteiger partial charge in [-0.15, -0.1) is 0 Å². The number of benzene rings is 1. The first-order valence-electron chi connectivity index (χ1n) is 7.36. The second-order valence-electron chi connectivity index (χ2n) is 4.90. The molecular weight excluding hydrogens is 300 g/mol. The Balaban J connectivity index is 2.53. The van der Waals surface area contributed by atoms with Crippen LogP contribution in [0.5, 0.6) is 11.5 Å². The lowest BCUT2D eigenvalue weighted by atomic mass is 10.1. The molecule has 23 heavy (non-hydrogen) atoms. The van der Waals surface area contributed by atoms with Gasteiger partial charge in [-0.1, -0.05) is 13.0 Å². The van der Waals surface area contributed by atoms with Crippen molar-refractivity contribution in [3.63, 3.8) is 0 Å². The average molecular weight is 324 g/mol. The summed E-state index contributed by atoms with van der Waals surface area (Å²) < 4.78 is 15.0. The minimum absolute atomic E-state index is 0.150. The Bertz CT molecular complexity index is 533. The number of carbonyl (C=O) groups excluding carboxylic acids is 2. The van der Waals surface area contributed by atoms with Crippen molar-refractivity contribution in [2.75, 3.05) is 21.3 Å². The van der Waals surface area contributed by atoms with E-state index in [0.29, 0.717) is 24.5 Å². The van der Waals surface area contributed by atoms with Crippen LogP contribution in [-0.2, 0) is 16.1 Å². The van der Waals surface area contributed by atoms with E-state index in [-0.39, 0.29) is 24.5 Å². The van der Waals surface area contributed by atoms with E-state index in [1.165, 1.54) is 7.11 Å². The monoisotopic (exact) mass is 324 g/mol. The van der Waals surface area contributed by atoms with Crippen LogP contribution in [0.1, 0.15) is 25.3 Å². The van der Waals surface area contributed by atoms with Gasteiger partial charge in [0.05, 0.1) is 27.8 Å². The van der Waals surface area contributed by atoms with Crippen LogP contribution in [0, 0.1) is 0 Å². The van der Waals surface area contributed by atoms with E-state index < -0.39 is 0 Å². The zero-order valence-corrected chi connectivity index (χ0v) is 14.0. The number of ether oxygens (including phenoxy) is 3. The Hall–Kier alpha value is -2.44. The van der Waals surface area contributed by atoms with Gasteiger partial charge in [-0.05, 0) is 24.1 Å². The van der Waals surface area contributed by atoms with E-state index in [9.17, 15) is 9.59 Å². The molecule has 0 saturated heterocycles. The molecule has 0 aliphatic heterocycles. The van der Waals surface area contributed by atoms with Gasteiger partial charge < -0.3 is 24.8 Å². The minimum Gasteiger partial charge on any atom is -0.493 e. The third-order valence-corrected chi connectivity index (χ3v) is 3.37. The number of hydrogen-bond donors (Lipinski definition) is 2. The van der Waals surface area contributed by atoms with Crippen LogP contribution >= 0.6 is 0 Å². The smallest absolute Gasteiger partial charge is 0.315 e. The van der Waals surface area contributed by atoms with Gasteiger partial charge in [-0.3, -0.25) is 4.79 Å². The lowest BCUT2D eigenvalue weighted by molar-refractivity contribution is -0.141. The molecule has 1 aromatic rings. The predicted molar refractivity (Wildman–Crippen MR) is 85.6 cm³/mol. The number of esters is 1. The lowest BCUT2D eigenvalue weighted by Gasteiger charge is -2.16. The van der Waals surface area contributed by atoms with Gasteiger partial charge in [0.1, 0.15) is 0 Å². The van der Waals surface area contributed by atoms with Crippen molar-refractivity contribution >= 4 is 12.0 Å². The first kappa shape index (κ1) is 18.6. The lowest BCUT2D eigenvalue weighted by Crippen LogP contribution is -2.42. The van der Waals surface area contributed by atoms with E-state index in [4.69, 9.17) is 9.47 Å². The van der Waals surface area contributed by atoms with Crippen molar-refractivity contribution in [2.24, 2.45) is 0 Å². The summed E-state index contributed by atoms with van der Waals surface area (Å²) >= 11 is 0. The minimum atomic E-state index is -0.350. The molecule has 1 rings (SSSR count). The molecule has 0 spiro atoms. The maximum Gasteiger partial charge on any atom is 0.315 e. The van der Waals surface area contributed by atoms with Crippen molar-refractivity contribution in [1.29, 1.82) is 0 Å². The average Bonchev–Trinajstić information content (AvgIpc) is 2.58. The predicted octanol–water partition coefficient (Wildman–Crippen LogP) is 1.84. The maximum atomic E-state index is 11.9. The Kier molecular flexibility index (Phi) is 7.73. The molecule has 0 bridgehead atoms. The highest BCUT2D eigenvalue weighted by molar-refractivity contribution is 5.76. The molecule has 1 atom stereocenters. The molecule has 1 unspecified atom stereocenters. The summed E-state index contributed by atoms with van der Waals surface area (Å²) in [5.74, 6) is 0.881. The van der Waals surface area contributed by atoms with Crippen LogP contribution in [0.2, 0.25) is 0 Å². The normalized spacial score (nSPS) is 11.3. The molecule has 0 aromatic heterocycles. The van der Waals surface area contributed by atoms with E-state index in [0.717, 1.165) is 5.56 Å². The summed E-state index contributed by atoms with van der Waals surface area (Å²) in [5, 5.41) is 5.49. The van der Waals surface area contributed by atoms with Crippen LogP contribution in [0.3, 0.4) is 0 Å². The second-order valence-corrected chi connectivity index (χ2v) is 4.90. The summed E-state index contributed by atoms with van der Waals surface area (Å²) in [4.78, 5) is 23.2. The first-order chi connectivity index (χ1) is 11.0. The highest BCUT2D eigenvalue weighted by Crippen LogP contribution is 2.27. The molecule has 2 amide bonds. The summed E-state index contributed by atoms with van der Waals surface area (Å²) in [6, 6.07) is 4.82. The topological polar surface area (TPSA) is 85.9 Å². The Labute approximate surface area is 136 Å². The number of rotatable bonds is 8. The molecule has 128 valence electrons. The number of hydrogen-bond acceptors (Lipinski definition) is 5. The number of carbonyl (C=O) groups is 2. The Morgan fingerprint density at radius 3 is 2.39 bits per heavy atom. The van der Waals surface area contributed by atoms with Crippen LogP contribution in [0.25, 0.3) is 0 Å². The van der Waals surface area contributed by atoms with Crippen molar-refractivity contribution in [3.05, 3.63) is 23.8 Å². The van der Waals surface area contributed by atoms with Gasteiger partial charge in [-0.25, -0.2) is 4.79 Å². The number of nitrogens with one attached hydrogen (secondary N) is 2. The van der Waals surface area contributed by atoms with Crippen molar-refractivity contribution in [2.45, 2.75) is 32.4 Å². The van der Waals surface area contributed by atoms with Gasteiger partial charge in [0.25, 0.3) is 0 Å². The third-order valence-electron chi connectivity index (χ3n) is 3.37. The number of methoxy groups -OCH3 is 3. The molecule has 7 heteroatoms. The first-order valence-corrected chi connectivity index (χ1v) is 7.36. The van der Waals surface area contributed by atoms with Crippen molar-refractivity contribution in [1.82, 2.24) is 10.6 Å². The summed E-state index contributed by atoms with van der Waals surface area (Å²) in [7, 11) is 4.45. The molecule has 0 radical (unpaired) electrons. The fourth-order valence-electron chi connectivity index (χ4n) is 1.99. The van der Waals surface area contributed by atoms with E-state index in [1.807, 2.05) is 13.0 Å². The second kappa shape index (κ2) is 9.55. The molecule has 0 aliphatic carbocycles. The highest BCUT2D eigenvalue weighted by atomic mass is 16.5. The van der Waals surface area contributed by atoms with Gasteiger partial charge >= 0.3 is 12.0 Å². The number of urea groups is 1. The molecule has 0 fully saturated rings. The van der Waals surface area contributed by atoms with E-state index in [2.05, 4.69) is 15.4 Å². The molecule has 0 aliphatic rings. The van der Waals surface area contributed by atoms with Crippen LogP contribution < -0.4 is 20.1 Å². The molecule has 1 aromatic carbocycles. The van der Waals surface area contributed by atoms with Crippen molar-refractivity contribution in [3.8, 4) is 11.5 Å². The Morgan fingerprint density at radius 2 is 1.83 bits per heavy atom. The quantitative estimate of drug-likeness (QED) is 0.713. The van der Waals surface area contributed by atoms with E-state index in [1.54, 1.807) is 26.4 Å². The van der Waals surface area contributed by atoms with E-state index >= 15 is 0 Å². The van der Waals surface area contributed by atoms with Gasteiger partial charge in [-0.2, -0.15) is 0 Å². The summed E-state index contributed by atoms with van der Waals surface area (Å²) in [6.45, 7) is 2.23. The fraction of sp³-hybridized carbons (Fsp3) is 0.500. The third kappa shape index (κ3) is 6.06. The molecular formula is C16H24N2O5. The summed E-state index contributed by atoms with van der Waals surface area (Å²) in [6.07, 6.45) is 0.787. The summed E-state index contributed by atoms with van der Waals surface area (Å²) in [5.41, 5.74) is 0.874. The Morgan fingerprint density at radius 1 is 1.13 bits per heavy atom. The molecule has 0 heterocycles. The SMILES string of the molecule is CCC(CC(=O)OC)NC(=O)NCc1ccc(OC)c(OC)c1. The highest BCUT2D eigenvalue weighted by Gasteiger charge is 2.15. The largest absolute Gasteiger partial charge is 0.493 e.